The highest BCUT2D eigenvalue weighted by atomic mass is 19.4. The second kappa shape index (κ2) is 8.05. The van der Waals surface area contributed by atoms with Crippen LogP contribution >= 0.6 is 0 Å². The number of nitrogens with zero attached hydrogens (tertiary/aromatic N) is 5. The Morgan fingerprint density at radius 3 is 2.64 bits per heavy atom. The molecule has 0 unspecified atom stereocenters. The predicted octanol–water partition coefficient (Wildman–Crippen LogP) is 4.44. The van der Waals surface area contributed by atoms with Crippen molar-refractivity contribution in [1.82, 2.24) is 29.8 Å². The lowest BCUT2D eigenvalue weighted by Crippen LogP contribution is -2.24. The maximum Gasteiger partial charge on any atom is 0.406 e. The number of rotatable bonds is 5. The normalized spacial score (nSPS) is 12.5. The van der Waals surface area contributed by atoms with Gasteiger partial charge >= 0.3 is 6.18 Å². The average molecular weight is 460 g/mol. The topological polar surface area (TPSA) is 90.8 Å². The fourth-order valence-corrected chi connectivity index (χ4v) is 3.46. The highest BCUT2D eigenvalue weighted by molar-refractivity contribution is 5.93. The van der Waals surface area contributed by atoms with Crippen LogP contribution in [0.5, 0.6) is 0 Å². The minimum atomic E-state index is -4.43. The Hall–Kier alpha value is -3.63. The van der Waals surface area contributed by atoms with E-state index >= 15 is 0 Å². The molecule has 3 aromatic heterocycles. The van der Waals surface area contributed by atoms with Gasteiger partial charge in [0.15, 0.2) is 0 Å². The molecule has 8 nitrogen and oxygen atoms in total. The molecular weight excluding hydrogens is 437 g/mol. The Bertz CT molecular complexity index is 1310. The zero-order chi connectivity index (χ0) is 24.0. The summed E-state index contributed by atoms with van der Waals surface area (Å²) in [6, 6.07) is 6.76. The van der Waals surface area contributed by atoms with Gasteiger partial charge in [0.05, 0.1) is 29.5 Å². The number of nitrogens with one attached hydrogen (secondary N) is 1. The Morgan fingerprint density at radius 2 is 1.97 bits per heavy atom. The summed E-state index contributed by atoms with van der Waals surface area (Å²) >= 11 is 0. The number of benzene rings is 1. The molecule has 33 heavy (non-hydrogen) atoms. The molecule has 0 bridgehead atoms. The lowest BCUT2D eigenvalue weighted by molar-refractivity contribution is -0.139. The molecule has 0 radical (unpaired) electrons. The summed E-state index contributed by atoms with van der Waals surface area (Å²) in [7, 11) is 0. The monoisotopic (exact) mass is 460 g/mol. The molecule has 0 saturated carbocycles. The van der Waals surface area contributed by atoms with Gasteiger partial charge in [-0.3, -0.25) is 9.48 Å². The minimum Gasteiger partial charge on any atom is -0.343 e. The lowest BCUT2D eigenvalue weighted by atomic mass is 10.1. The van der Waals surface area contributed by atoms with E-state index in [0.717, 1.165) is 10.1 Å². The third-order valence-corrected chi connectivity index (χ3v) is 5.13. The number of aryl methyl sites for hydroxylation is 1. The first-order chi connectivity index (χ1) is 15.4. The summed E-state index contributed by atoms with van der Waals surface area (Å²) in [6.45, 7) is 6.44. The molecule has 1 amide bonds. The number of carbonyl (C=O) groups excluding carboxylic acids is 1. The molecule has 0 spiro atoms. The number of aromatic nitrogens is 5. The molecule has 1 aromatic carbocycles. The Morgan fingerprint density at radius 1 is 1.21 bits per heavy atom. The van der Waals surface area contributed by atoms with Crippen molar-refractivity contribution in [3.05, 3.63) is 53.7 Å². The molecule has 0 aliphatic carbocycles. The SMILES string of the molecule is Cc1cccc2c1cc(-c1noc(CNC(=O)c3cnn(C(C)(C)C)c3)n1)n2CC(F)(F)F. The van der Waals surface area contributed by atoms with Crippen LogP contribution in [0.1, 0.15) is 42.6 Å². The highest BCUT2D eigenvalue weighted by Crippen LogP contribution is 2.31. The van der Waals surface area contributed by atoms with Crippen LogP contribution in [-0.2, 0) is 18.6 Å². The van der Waals surface area contributed by atoms with Gasteiger partial charge < -0.3 is 14.4 Å². The van der Waals surface area contributed by atoms with Crippen molar-refractivity contribution < 1.29 is 22.5 Å². The van der Waals surface area contributed by atoms with Gasteiger partial charge in [0.2, 0.25) is 11.7 Å². The molecular formula is C22H23F3N6O2. The van der Waals surface area contributed by atoms with E-state index < -0.39 is 12.7 Å². The Balaban J connectivity index is 1.56. The molecule has 4 rings (SSSR count). The van der Waals surface area contributed by atoms with Crippen molar-refractivity contribution in [2.75, 3.05) is 0 Å². The number of alkyl halides is 3. The van der Waals surface area contributed by atoms with E-state index in [9.17, 15) is 18.0 Å². The van der Waals surface area contributed by atoms with Crippen molar-refractivity contribution >= 4 is 16.8 Å². The van der Waals surface area contributed by atoms with Gasteiger partial charge in [0, 0.05) is 17.1 Å². The third-order valence-electron chi connectivity index (χ3n) is 5.13. The van der Waals surface area contributed by atoms with E-state index in [1.54, 1.807) is 29.1 Å². The molecule has 0 saturated heterocycles. The molecule has 0 atom stereocenters. The highest BCUT2D eigenvalue weighted by Gasteiger charge is 2.31. The number of fused-ring (bicyclic) bond motifs is 1. The summed E-state index contributed by atoms with van der Waals surface area (Å²) < 4.78 is 47.7. The molecule has 3 heterocycles. The fraction of sp³-hybridized carbons (Fsp3) is 0.364. The second-order valence-corrected chi connectivity index (χ2v) is 8.78. The zero-order valence-electron chi connectivity index (χ0n) is 18.6. The second-order valence-electron chi connectivity index (χ2n) is 8.78. The van der Waals surface area contributed by atoms with Crippen molar-refractivity contribution in [3.8, 4) is 11.5 Å². The fourth-order valence-electron chi connectivity index (χ4n) is 3.46. The predicted molar refractivity (Wildman–Crippen MR) is 114 cm³/mol. The molecule has 1 N–H and O–H groups in total. The van der Waals surface area contributed by atoms with Crippen molar-refractivity contribution in [1.29, 1.82) is 0 Å². The first-order valence-corrected chi connectivity index (χ1v) is 10.2. The van der Waals surface area contributed by atoms with E-state index in [2.05, 4.69) is 20.6 Å². The van der Waals surface area contributed by atoms with Crippen LogP contribution in [0, 0.1) is 6.92 Å². The first kappa shape index (κ1) is 22.6. The minimum absolute atomic E-state index is 0.0136. The van der Waals surface area contributed by atoms with E-state index in [4.69, 9.17) is 4.52 Å². The van der Waals surface area contributed by atoms with Gasteiger partial charge in [-0.05, 0) is 45.4 Å². The molecule has 11 heteroatoms. The van der Waals surface area contributed by atoms with Crippen LogP contribution in [0.15, 0.2) is 41.2 Å². The number of amides is 1. The standard InChI is InChI=1S/C22H23F3N6O2/c1-13-6-5-7-16-15(13)8-17(30(16)12-22(23,24)25)19-28-18(33-29-19)10-26-20(32)14-9-27-31(11-14)21(2,3)4/h5-9,11H,10,12H2,1-4H3,(H,26,32). The smallest absolute Gasteiger partial charge is 0.343 e. The van der Waals surface area contributed by atoms with Crippen molar-refractivity contribution in [2.45, 2.75) is 52.5 Å². The number of carbonyl (C=O) groups is 1. The lowest BCUT2D eigenvalue weighted by Gasteiger charge is -2.18. The van der Waals surface area contributed by atoms with Gasteiger partial charge in [-0.15, -0.1) is 0 Å². The average Bonchev–Trinajstić information content (AvgIpc) is 3.44. The molecule has 0 fully saturated rings. The number of halogens is 3. The largest absolute Gasteiger partial charge is 0.406 e. The summed E-state index contributed by atoms with van der Waals surface area (Å²) in [6.07, 6.45) is -1.34. The number of hydrogen-bond donors (Lipinski definition) is 1. The molecule has 174 valence electrons. The zero-order valence-corrected chi connectivity index (χ0v) is 18.6. The Kier molecular flexibility index (Phi) is 5.51. The maximum absolute atomic E-state index is 13.3. The van der Waals surface area contributed by atoms with Crippen LogP contribution in [-0.4, -0.2) is 36.6 Å². The summed E-state index contributed by atoms with van der Waals surface area (Å²) in [4.78, 5) is 16.6. The molecule has 4 aromatic rings. The van der Waals surface area contributed by atoms with Gasteiger partial charge in [-0.1, -0.05) is 17.3 Å². The van der Waals surface area contributed by atoms with Crippen LogP contribution < -0.4 is 5.32 Å². The maximum atomic E-state index is 13.3. The molecule has 0 aliphatic heterocycles. The van der Waals surface area contributed by atoms with Crippen LogP contribution in [0.4, 0.5) is 13.2 Å². The van der Waals surface area contributed by atoms with Crippen LogP contribution in [0.2, 0.25) is 0 Å². The van der Waals surface area contributed by atoms with Gasteiger partial charge in [0.25, 0.3) is 5.91 Å². The van der Waals surface area contributed by atoms with Crippen LogP contribution in [0.3, 0.4) is 0 Å². The van der Waals surface area contributed by atoms with Crippen molar-refractivity contribution in [2.24, 2.45) is 0 Å². The van der Waals surface area contributed by atoms with Gasteiger partial charge in [-0.2, -0.15) is 23.3 Å². The molecule has 0 aliphatic rings. The third kappa shape index (κ3) is 4.76. The van der Waals surface area contributed by atoms with Gasteiger partial charge in [-0.25, -0.2) is 0 Å². The van der Waals surface area contributed by atoms with Crippen molar-refractivity contribution in [3.63, 3.8) is 0 Å². The van der Waals surface area contributed by atoms with E-state index in [-0.39, 0.29) is 35.4 Å². The number of hydrogen-bond acceptors (Lipinski definition) is 5. The summed E-state index contributed by atoms with van der Waals surface area (Å²) in [5.41, 5.74) is 1.54. The van der Waals surface area contributed by atoms with E-state index in [1.165, 1.54) is 6.20 Å². The van der Waals surface area contributed by atoms with E-state index in [1.807, 2.05) is 33.8 Å². The summed E-state index contributed by atoms with van der Waals surface area (Å²) in [5.74, 6) is -0.297. The Labute approximate surface area is 187 Å². The van der Waals surface area contributed by atoms with Crippen LogP contribution in [0.25, 0.3) is 22.4 Å². The van der Waals surface area contributed by atoms with E-state index in [0.29, 0.717) is 16.5 Å². The quantitative estimate of drug-likeness (QED) is 0.475. The van der Waals surface area contributed by atoms with Gasteiger partial charge in [0.1, 0.15) is 6.54 Å². The first-order valence-electron chi connectivity index (χ1n) is 10.2. The summed E-state index contributed by atoms with van der Waals surface area (Å²) in [5, 5.41) is 11.4.